The Morgan fingerprint density at radius 2 is 1.94 bits per heavy atom. The van der Waals surface area contributed by atoms with E-state index in [1.165, 1.54) is 25.7 Å². The fourth-order valence-electron chi connectivity index (χ4n) is 2.11. The molecular weight excluding hydrogens is 232 g/mol. The number of unbranched alkanes of at least 4 members (excludes halogenated alkanes) is 3. The maximum absolute atomic E-state index is 9.93. The molecule has 1 aromatic rings. The molecule has 0 fully saturated rings. The predicted octanol–water partition coefficient (Wildman–Crippen LogP) is 5.43. The molecule has 0 aliphatic carbocycles. The Hall–Kier alpha value is -0.690. The van der Waals surface area contributed by atoms with Crippen molar-refractivity contribution in [3.63, 3.8) is 0 Å². The van der Waals surface area contributed by atoms with E-state index >= 15 is 0 Å². The molecule has 1 nitrogen and oxygen atoms in total. The van der Waals surface area contributed by atoms with Crippen LogP contribution in [0.1, 0.15) is 63.0 Å². The van der Waals surface area contributed by atoms with Crippen molar-refractivity contribution in [2.75, 3.05) is 0 Å². The first-order chi connectivity index (χ1) is 8.06. The van der Waals surface area contributed by atoms with Gasteiger partial charge in [0.1, 0.15) is 5.75 Å². The van der Waals surface area contributed by atoms with Crippen LogP contribution in [-0.2, 0) is 0 Å². The van der Waals surface area contributed by atoms with Gasteiger partial charge in [-0.3, -0.25) is 0 Å². The lowest BCUT2D eigenvalue weighted by Crippen LogP contribution is -1.95. The minimum absolute atomic E-state index is 0.380. The first kappa shape index (κ1) is 14.4. The number of hydrogen-bond acceptors (Lipinski definition) is 1. The number of phenols is 1. The van der Waals surface area contributed by atoms with Crippen LogP contribution in [0.2, 0.25) is 5.02 Å². The lowest BCUT2D eigenvalue weighted by atomic mass is 9.93. The summed E-state index contributed by atoms with van der Waals surface area (Å²) >= 11 is 6.10. The number of aromatic hydroxyl groups is 1. The molecule has 0 bridgehead atoms. The van der Waals surface area contributed by atoms with E-state index in [4.69, 9.17) is 11.6 Å². The van der Waals surface area contributed by atoms with E-state index in [1.807, 2.05) is 13.0 Å². The van der Waals surface area contributed by atoms with Crippen molar-refractivity contribution in [3.05, 3.63) is 28.3 Å². The monoisotopic (exact) mass is 254 g/mol. The topological polar surface area (TPSA) is 20.2 Å². The lowest BCUT2D eigenvalue weighted by molar-refractivity contribution is 0.457. The Labute approximate surface area is 110 Å². The van der Waals surface area contributed by atoms with E-state index in [-0.39, 0.29) is 0 Å². The molecule has 0 aliphatic heterocycles. The number of rotatable bonds is 6. The fraction of sp³-hybridized carbons (Fsp3) is 0.600. The van der Waals surface area contributed by atoms with Gasteiger partial charge in [-0.15, -0.1) is 0 Å². The zero-order chi connectivity index (χ0) is 12.8. The molecule has 0 radical (unpaired) electrons. The van der Waals surface area contributed by atoms with Crippen LogP contribution in [0.25, 0.3) is 0 Å². The Kier molecular flexibility index (Phi) is 5.84. The molecule has 1 atom stereocenters. The lowest BCUT2D eigenvalue weighted by Gasteiger charge is -2.15. The fourth-order valence-corrected chi connectivity index (χ4v) is 2.28. The summed E-state index contributed by atoms with van der Waals surface area (Å²) in [7, 11) is 0. The summed E-state index contributed by atoms with van der Waals surface area (Å²) in [6.07, 6.45) is 6.18. The second-order valence-electron chi connectivity index (χ2n) is 4.91. The summed E-state index contributed by atoms with van der Waals surface area (Å²) in [4.78, 5) is 0. The van der Waals surface area contributed by atoms with Crippen molar-refractivity contribution in [2.45, 2.75) is 58.8 Å². The van der Waals surface area contributed by atoms with Crippen LogP contribution in [0, 0.1) is 6.92 Å². The SMILES string of the molecule is CCCCCCC(C)c1cc(Cl)c(C)cc1O. The van der Waals surface area contributed by atoms with Crippen LogP contribution >= 0.6 is 11.6 Å². The first-order valence-corrected chi connectivity index (χ1v) is 6.93. The number of hydrogen-bond donors (Lipinski definition) is 1. The molecule has 2 heteroatoms. The molecule has 1 unspecified atom stereocenters. The van der Waals surface area contributed by atoms with Gasteiger partial charge in [0.25, 0.3) is 0 Å². The summed E-state index contributed by atoms with van der Waals surface area (Å²) in [6.45, 7) is 6.29. The summed E-state index contributed by atoms with van der Waals surface area (Å²) in [5, 5.41) is 10.7. The predicted molar refractivity (Wildman–Crippen MR) is 75.0 cm³/mol. The zero-order valence-corrected chi connectivity index (χ0v) is 11.8. The third-order valence-electron chi connectivity index (χ3n) is 3.33. The molecular formula is C15H23ClO. The van der Waals surface area contributed by atoms with Crippen LogP contribution < -0.4 is 0 Å². The molecule has 96 valence electrons. The van der Waals surface area contributed by atoms with Crippen LogP contribution in [0.15, 0.2) is 12.1 Å². The van der Waals surface area contributed by atoms with Gasteiger partial charge in [0.2, 0.25) is 0 Å². The van der Waals surface area contributed by atoms with Crippen LogP contribution in [0.3, 0.4) is 0 Å². The molecule has 0 heterocycles. The number of phenolic OH excluding ortho intramolecular Hbond substituents is 1. The van der Waals surface area contributed by atoms with Gasteiger partial charge in [0.05, 0.1) is 0 Å². The highest BCUT2D eigenvalue weighted by molar-refractivity contribution is 6.31. The molecule has 0 aromatic heterocycles. The molecule has 1 aromatic carbocycles. The van der Waals surface area contributed by atoms with Crippen LogP contribution in [-0.4, -0.2) is 5.11 Å². The normalized spacial score (nSPS) is 12.7. The number of benzene rings is 1. The first-order valence-electron chi connectivity index (χ1n) is 6.55. The van der Waals surface area contributed by atoms with Crippen LogP contribution in [0.5, 0.6) is 5.75 Å². The maximum atomic E-state index is 9.93. The van der Waals surface area contributed by atoms with Gasteiger partial charge in [-0.1, -0.05) is 51.1 Å². The van der Waals surface area contributed by atoms with E-state index in [1.54, 1.807) is 6.07 Å². The molecule has 0 amide bonds. The van der Waals surface area contributed by atoms with E-state index in [2.05, 4.69) is 13.8 Å². The van der Waals surface area contributed by atoms with Gasteiger partial charge >= 0.3 is 0 Å². The number of halogens is 1. The van der Waals surface area contributed by atoms with Crippen molar-refractivity contribution in [1.82, 2.24) is 0 Å². The highest BCUT2D eigenvalue weighted by Gasteiger charge is 2.12. The summed E-state index contributed by atoms with van der Waals surface area (Å²) < 4.78 is 0. The maximum Gasteiger partial charge on any atom is 0.119 e. The largest absolute Gasteiger partial charge is 0.508 e. The Bertz CT molecular complexity index is 360. The highest BCUT2D eigenvalue weighted by Crippen LogP contribution is 2.33. The van der Waals surface area contributed by atoms with Gasteiger partial charge in [-0.25, -0.2) is 0 Å². The average Bonchev–Trinajstić information content (AvgIpc) is 2.29. The van der Waals surface area contributed by atoms with Gasteiger partial charge < -0.3 is 5.11 Å². The number of aryl methyl sites for hydroxylation is 1. The minimum Gasteiger partial charge on any atom is -0.508 e. The second kappa shape index (κ2) is 6.90. The summed E-state index contributed by atoms with van der Waals surface area (Å²) in [6, 6.07) is 3.68. The zero-order valence-electron chi connectivity index (χ0n) is 11.1. The van der Waals surface area contributed by atoms with E-state index < -0.39 is 0 Å². The molecule has 0 spiro atoms. The van der Waals surface area contributed by atoms with E-state index in [9.17, 15) is 5.11 Å². The molecule has 1 rings (SSSR count). The molecule has 17 heavy (non-hydrogen) atoms. The van der Waals surface area contributed by atoms with Crippen molar-refractivity contribution in [2.24, 2.45) is 0 Å². The minimum atomic E-state index is 0.380. The summed E-state index contributed by atoms with van der Waals surface area (Å²) in [5.41, 5.74) is 1.92. The van der Waals surface area contributed by atoms with Crippen molar-refractivity contribution < 1.29 is 5.11 Å². The van der Waals surface area contributed by atoms with Crippen molar-refractivity contribution in [1.29, 1.82) is 0 Å². The van der Waals surface area contributed by atoms with Gasteiger partial charge in [0, 0.05) is 5.02 Å². The quantitative estimate of drug-likeness (QED) is 0.672. The standard InChI is InChI=1S/C15H23ClO/c1-4-5-6-7-8-11(2)13-10-14(16)12(3)9-15(13)17/h9-11,17H,4-8H2,1-3H3. The van der Waals surface area contributed by atoms with Gasteiger partial charge in [-0.05, 0) is 42.5 Å². The third kappa shape index (κ3) is 4.23. The van der Waals surface area contributed by atoms with Gasteiger partial charge in [-0.2, -0.15) is 0 Å². The van der Waals surface area contributed by atoms with E-state index in [0.29, 0.717) is 11.7 Å². The van der Waals surface area contributed by atoms with Crippen molar-refractivity contribution in [3.8, 4) is 5.75 Å². The second-order valence-corrected chi connectivity index (χ2v) is 5.32. The van der Waals surface area contributed by atoms with E-state index in [0.717, 1.165) is 22.6 Å². The van der Waals surface area contributed by atoms with Crippen LogP contribution in [0.4, 0.5) is 0 Å². The Morgan fingerprint density at radius 3 is 2.59 bits per heavy atom. The Morgan fingerprint density at radius 1 is 1.24 bits per heavy atom. The summed E-state index contributed by atoms with van der Waals surface area (Å²) in [5.74, 6) is 0.764. The molecule has 0 saturated heterocycles. The molecule has 1 N–H and O–H groups in total. The third-order valence-corrected chi connectivity index (χ3v) is 3.74. The highest BCUT2D eigenvalue weighted by atomic mass is 35.5. The Balaban J connectivity index is 2.62. The molecule has 0 aliphatic rings. The van der Waals surface area contributed by atoms with Crippen molar-refractivity contribution >= 4 is 11.6 Å². The van der Waals surface area contributed by atoms with Gasteiger partial charge in [0.15, 0.2) is 0 Å². The average molecular weight is 255 g/mol. The smallest absolute Gasteiger partial charge is 0.119 e. The molecule has 0 saturated carbocycles.